The average Bonchev–Trinajstić information content (AvgIpc) is 3.07. The maximum absolute atomic E-state index is 6.90. The minimum atomic E-state index is -0.0558. The lowest BCUT2D eigenvalue weighted by Gasteiger charge is -2.42. The van der Waals surface area contributed by atoms with Gasteiger partial charge in [0.15, 0.2) is 0 Å². The molecule has 1 heterocycles. The molecule has 1 fully saturated rings. The molecule has 0 aromatic rings. The van der Waals surface area contributed by atoms with Crippen LogP contribution < -0.4 is 0 Å². The van der Waals surface area contributed by atoms with Gasteiger partial charge >= 0.3 is 0 Å². The van der Waals surface area contributed by atoms with E-state index in [0.717, 1.165) is 39.0 Å². The third-order valence-electron chi connectivity index (χ3n) is 9.65. The van der Waals surface area contributed by atoms with Crippen LogP contribution in [0.4, 0.5) is 0 Å². The summed E-state index contributed by atoms with van der Waals surface area (Å²) >= 11 is 0. The molecule has 0 aromatic heterocycles. The highest BCUT2D eigenvalue weighted by Gasteiger charge is 2.37. The number of hydrogen-bond donors (Lipinski definition) is 0. The van der Waals surface area contributed by atoms with E-state index in [-0.39, 0.29) is 11.7 Å². The van der Waals surface area contributed by atoms with Crippen molar-refractivity contribution in [1.82, 2.24) is 4.90 Å². The van der Waals surface area contributed by atoms with Gasteiger partial charge in [0.25, 0.3) is 0 Å². The van der Waals surface area contributed by atoms with Gasteiger partial charge in [-0.3, -0.25) is 0 Å². The Balaban J connectivity index is 2.22. The Labute approximate surface area is 295 Å². The van der Waals surface area contributed by atoms with E-state index < -0.39 is 0 Å². The zero-order chi connectivity index (χ0) is 33.9. The molecule has 1 rings (SSSR count). The van der Waals surface area contributed by atoms with Gasteiger partial charge in [0, 0.05) is 6.54 Å². The van der Waals surface area contributed by atoms with Crippen molar-refractivity contribution in [3.8, 4) is 0 Å². The maximum Gasteiger partial charge on any atom is 0.0919 e. The Morgan fingerprint density at radius 3 is 1.36 bits per heavy atom. The molecule has 1 unspecified atom stereocenters. The van der Waals surface area contributed by atoms with Crippen LogP contribution in [0.3, 0.4) is 0 Å². The number of allylic oxidation sites excluding steroid dienone is 8. The summed E-state index contributed by atoms with van der Waals surface area (Å²) in [6.45, 7) is 7.18. The van der Waals surface area contributed by atoms with Crippen LogP contribution in [0.1, 0.15) is 187 Å². The third-order valence-corrected chi connectivity index (χ3v) is 9.65. The van der Waals surface area contributed by atoms with Crippen molar-refractivity contribution >= 4 is 0 Å². The highest BCUT2D eigenvalue weighted by Crippen LogP contribution is 2.33. The van der Waals surface area contributed by atoms with Crippen LogP contribution >= 0.6 is 0 Å². The SMILES string of the molecule is CCCCC/C=C\C/C=C\CCCCCCCCC1(CCCCCCCC/C=C\C/C=C\CCCCC)COCC(CCN(C)C)O1. The van der Waals surface area contributed by atoms with Crippen molar-refractivity contribution in [1.29, 1.82) is 0 Å². The lowest BCUT2D eigenvalue weighted by atomic mass is 9.88. The minimum absolute atomic E-state index is 0.0558. The highest BCUT2D eigenvalue weighted by atomic mass is 16.6. The van der Waals surface area contributed by atoms with Crippen LogP contribution in [-0.4, -0.2) is 50.5 Å². The molecule has 0 aliphatic carbocycles. The van der Waals surface area contributed by atoms with Crippen LogP contribution in [-0.2, 0) is 9.47 Å². The van der Waals surface area contributed by atoms with Crippen molar-refractivity contribution in [3.05, 3.63) is 48.6 Å². The monoisotopic (exact) mass is 656 g/mol. The fraction of sp³-hybridized carbons (Fsp3) is 0.818. The average molecular weight is 656 g/mol. The molecule has 0 spiro atoms. The molecule has 0 N–H and O–H groups in total. The topological polar surface area (TPSA) is 21.7 Å². The van der Waals surface area contributed by atoms with Crippen LogP contribution in [0.5, 0.6) is 0 Å². The van der Waals surface area contributed by atoms with Crippen molar-refractivity contribution in [2.45, 2.75) is 199 Å². The molecule has 1 aliphatic heterocycles. The smallest absolute Gasteiger partial charge is 0.0919 e. The number of hydrogen-bond acceptors (Lipinski definition) is 3. The van der Waals surface area contributed by atoms with Gasteiger partial charge < -0.3 is 14.4 Å². The highest BCUT2D eigenvalue weighted by molar-refractivity contribution is 4.93. The molecular formula is C44H81NO2. The molecule has 0 amide bonds. The first kappa shape index (κ1) is 43.9. The van der Waals surface area contributed by atoms with Crippen molar-refractivity contribution in [2.24, 2.45) is 0 Å². The molecule has 0 aromatic carbocycles. The second kappa shape index (κ2) is 33.3. The predicted octanol–water partition coefficient (Wildman–Crippen LogP) is 13.5. The quantitative estimate of drug-likeness (QED) is 0.0519. The fourth-order valence-corrected chi connectivity index (χ4v) is 6.60. The summed E-state index contributed by atoms with van der Waals surface area (Å²) < 4.78 is 13.1. The van der Waals surface area contributed by atoms with Crippen molar-refractivity contribution in [3.63, 3.8) is 0 Å². The van der Waals surface area contributed by atoms with Gasteiger partial charge in [0.2, 0.25) is 0 Å². The van der Waals surface area contributed by atoms with Crippen LogP contribution in [0.2, 0.25) is 0 Å². The lowest BCUT2D eigenvalue weighted by molar-refractivity contribution is -0.207. The molecule has 274 valence electrons. The molecule has 0 radical (unpaired) electrons. The lowest BCUT2D eigenvalue weighted by Crippen LogP contribution is -2.48. The van der Waals surface area contributed by atoms with Gasteiger partial charge in [-0.15, -0.1) is 0 Å². The third kappa shape index (κ3) is 28.4. The molecule has 3 nitrogen and oxygen atoms in total. The first-order chi connectivity index (χ1) is 23.1. The molecule has 1 atom stereocenters. The summed E-state index contributed by atoms with van der Waals surface area (Å²) in [5, 5.41) is 0. The zero-order valence-electron chi connectivity index (χ0n) is 32.2. The Bertz CT molecular complexity index is 719. The fourth-order valence-electron chi connectivity index (χ4n) is 6.60. The van der Waals surface area contributed by atoms with Gasteiger partial charge in [-0.05, 0) is 97.6 Å². The Kier molecular flexibility index (Phi) is 31.1. The van der Waals surface area contributed by atoms with Crippen LogP contribution in [0.25, 0.3) is 0 Å². The summed E-state index contributed by atoms with van der Waals surface area (Å²) in [5.74, 6) is 0. The second-order valence-electron chi connectivity index (χ2n) is 14.7. The largest absolute Gasteiger partial charge is 0.376 e. The predicted molar refractivity (Wildman–Crippen MR) is 210 cm³/mol. The number of ether oxygens (including phenoxy) is 2. The van der Waals surface area contributed by atoms with Crippen LogP contribution in [0.15, 0.2) is 48.6 Å². The minimum Gasteiger partial charge on any atom is -0.376 e. The maximum atomic E-state index is 6.90. The van der Waals surface area contributed by atoms with Gasteiger partial charge in [0.1, 0.15) is 0 Å². The molecule has 47 heavy (non-hydrogen) atoms. The van der Waals surface area contributed by atoms with E-state index in [9.17, 15) is 0 Å². The number of nitrogens with zero attached hydrogens (tertiary/aromatic N) is 1. The Hall–Kier alpha value is -1.16. The summed E-state index contributed by atoms with van der Waals surface area (Å²) in [6.07, 6.45) is 53.8. The van der Waals surface area contributed by atoms with Crippen LogP contribution in [0, 0.1) is 0 Å². The molecule has 1 aliphatic rings. The van der Waals surface area contributed by atoms with E-state index >= 15 is 0 Å². The van der Waals surface area contributed by atoms with Gasteiger partial charge in [0.05, 0.1) is 24.9 Å². The standard InChI is InChI=1S/C44H81NO2/c1-5-7-9-11-13-15-17-19-21-23-25-27-29-31-33-35-38-44(42-46-41-43(47-44)37-40-45(3)4)39-36-34-32-30-28-26-24-22-20-18-16-14-12-10-8-6-2/h13-16,19-22,43H,5-12,17-18,23-42H2,1-4H3/b15-13-,16-14-,21-19-,22-20-. The molecule has 0 saturated carbocycles. The van der Waals surface area contributed by atoms with E-state index in [4.69, 9.17) is 9.47 Å². The Morgan fingerprint density at radius 1 is 0.532 bits per heavy atom. The van der Waals surface area contributed by atoms with Gasteiger partial charge in [-0.25, -0.2) is 0 Å². The van der Waals surface area contributed by atoms with E-state index in [1.54, 1.807) is 0 Å². The van der Waals surface area contributed by atoms with Crippen molar-refractivity contribution in [2.75, 3.05) is 33.9 Å². The number of unbranched alkanes of at least 4 members (excludes halogenated alkanes) is 18. The molecular weight excluding hydrogens is 574 g/mol. The first-order valence-electron chi connectivity index (χ1n) is 20.6. The molecule has 3 heteroatoms. The summed E-state index contributed by atoms with van der Waals surface area (Å²) in [6, 6.07) is 0. The zero-order valence-corrected chi connectivity index (χ0v) is 32.2. The van der Waals surface area contributed by atoms with E-state index in [2.05, 4.69) is 81.5 Å². The molecule has 1 saturated heterocycles. The van der Waals surface area contributed by atoms with E-state index in [0.29, 0.717) is 0 Å². The van der Waals surface area contributed by atoms with Gasteiger partial charge in [-0.1, -0.05) is 152 Å². The summed E-state index contributed by atoms with van der Waals surface area (Å²) in [7, 11) is 4.32. The summed E-state index contributed by atoms with van der Waals surface area (Å²) in [5.41, 5.74) is -0.0558. The first-order valence-corrected chi connectivity index (χ1v) is 20.6. The Morgan fingerprint density at radius 2 is 0.936 bits per heavy atom. The van der Waals surface area contributed by atoms with Gasteiger partial charge in [-0.2, -0.15) is 0 Å². The second-order valence-corrected chi connectivity index (χ2v) is 14.7. The van der Waals surface area contributed by atoms with E-state index in [1.165, 1.54) is 154 Å². The molecule has 0 bridgehead atoms. The normalized spacial score (nSPS) is 17.1. The number of rotatable bonds is 33. The summed E-state index contributed by atoms with van der Waals surface area (Å²) in [4.78, 5) is 2.27. The van der Waals surface area contributed by atoms with E-state index in [1.807, 2.05) is 0 Å². The van der Waals surface area contributed by atoms with Crippen molar-refractivity contribution < 1.29 is 9.47 Å².